The molecular formula is C35H30BrN5O6. The van der Waals surface area contributed by atoms with Crippen LogP contribution in [-0.2, 0) is 28.0 Å². The van der Waals surface area contributed by atoms with Crippen molar-refractivity contribution in [3.63, 3.8) is 0 Å². The smallest absolute Gasteiger partial charge is 0.408 e. The van der Waals surface area contributed by atoms with Gasteiger partial charge >= 0.3 is 6.09 Å². The number of hydrogen-bond acceptors (Lipinski definition) is 9. The Hall–Kier alpha value is -5.10. The van der Waals surface area contributed by atoms with Crippen molar-refractivity contribution in [1.29, 1.82) is 0 Å². The van der Waals surface area contributed by atoms with Gasteiger partial charge in [-0.2, -0.15) is 0 Å². The predicted molar refractivity (Wildman–Crippen MR) is 173 cm³/mol. The van der Waals surface area contributed by atoms with Crippen LogP contribution in [0.5, 0.6) is 5.75 Å². The number of oxazole rings is 2. The molecule has 1 unspecified atom stereocenters. The van der Waals surface area contributed by atoms with Crippen molar-refractivity contribution in [3.8, 4) is 17.3 Å². The molecule has 0 aliphatic carbocycles. The van der Waals surface area contributed by atoms with Crippen LogP contribution in [0, 0.1) is 5.92 Å². The van der Waals surface area contributed by atoms with Gasteiger partial charge in [-0.05, 0) is 45.1 Å². The first-order valence-electron chi connectivity index (χ1n) is 15.4. The van der Waals surface area contributed by atoms with Gasteiger partial charge in [0.15, 0.2) is 17.7 Å². The molecule has 3 N–H and O–H groups in total. The monoisotopic (exact) mass is 695 g/mol. The second-order valence-electron chi connectivity index (χ2n) is 12.2. The Morgan fingerprint density at radius 1 is 1.11 bits per heavy atom. The number of carbonyl (C=O) groups excluding carboxylic acids is 2. The minimum Gasteiger partial charge on any atom is -0.469 e. The molecular weight excluding hydrogens is 666 g/mol. The molecule has 2 amide bonds. The van der Waals surface area contributed by atoms with E-state index >= 15 is 0 Å². The number of benzene rings is 3. The summed E-state index contributed by atoms with van der Waals surface area (Å²) in [7, 11) is 0. The van der Waals surface area contributed by atoms with Crippen molar-refractivity contribution < 1.29 is 27.9 Å². The van der Waals surface area contributed by atoms with Crippen molar-refractivity contribution in [2.24, 2.45) is 5.92 Å². The summed E-state index contributed by atoms with van der Waals surface area (Å²) in [5.74, 6) is 1.16. The van der Waals surface area contributed by atoms with Gasteiger partial charge in [0.2, 0.25) is 17.7 Å². The van der Waals surface area contributed by atoms with Gasteiger partial charge in [0.05, 0.1) is 11.9 Å². The van der Waals surface area contributed by atoms with E-state index in [1.54, 1.807) is 6.20 Å². The molecule has 5 heterocycles. The van der Waals surface area contributed by atoms with E-state index in [2.05, 4.69) is 36.9 Å². The Bertz CT molecular complexity index is 1990. The molecule has 2 aromatic heterocycles. The Balaban J connectivity index is 1.28. The molecule has 3 aliphatic heterocycles. The number of fused-ring (bicyclic) bond motifs is 4. The van der Waals surface area contributed by atoms with Gasteiger partial charge in [-0.1, -0.05) is 68.4 Å². The van der Waals surface area contributed by atoms with Gasteiger partial charge in [-0.15, -0.1) is 0 Å². The molecule has 4 atom stereocenters. The normalized spacial score (nSPS) is 22.2. The third-order valence-corrected chi connectivity index (χ3v) is 9.61. The van der Waals surface area contributed by atoms with Crippen LogP contribution in [0.2, 0.25) is 0 Å². The Kier molecular flexibility index (Phi) is 7.05. The van der Waals surface area contributed by atoms with Gasteiger partial charge in [0.25, 0.3) is 0 Å². The van der Waals surface area contributed by atoms with E-state index < -0.39 is 35.7 Å². The molecule has 8 rings (SSSR count). The highest BCUT2D eigenvalue weighted by atomic mass is 79.9. The molecule has 1 spiro atoms. The molecule has 4 bridgehead atoms. The first-order valence-corrected chi connectivity index (χ1v) is 16.2. The lowest BCUT2D eigenvalue weighted by atomic mass is 9.72. The summed E-state index contributed by atoms with van der Waals surface area (Å²) >= 11 is 3.72. The standard InChI is InChI=1S/C35H30BrN5O6/c1-18(2)26-32-40-28(31-37-13-14-44-31)29(47-32)35-21-9-6-10-23(36)27(21)41-33(35)46-25-12-11-20(15-22(25)35)16-24(30(42)39-26)38-34(43)45-17-19-7-4-3-5-8-19/h3-15,18,24,26,33,41H,16-17H2,1-2H3,(H,38,43)(H,39,42)/t24-,26-,33?,35-/m0/s1. The molecule has 5 aromatic rings. The minimum atomic E-state index is -0.998. The topological polar surface area (TPSA) is 141 Å². The fourth-order valence-corrected chi connectivity index (χ4v) is 7.21. The third kappa shape index (κ3) is 4.77. The summed E-state index contributed by atoms with van der Waals surface area (Å²) in [5, 5.41) is 9.47. The average molecular weight is 697 g/mol. The number of nitrogens with zero attached hydrogens (tertiary/aromatic N) is 2. The van der Waals surface area contributed by atoms with Crippen molar-refractivity contribution in [1.82, 2.24) is 20.6 Å². The Morgan fingerprint density at radius 2 is 1.96 bits per heavy atom. The van der Waals surface area contributed by atoms with Crippen LogP contribution in [0.3, 0.4) is 0 Å². The highest BCUT2D eigenvalue weighted by molar-refractivity contribution is 9.10. The highest BCUT2D eigenvalue weighted by Crippen LogP contribution is 2.60. The number of ether oxygens (including phenoxy) is 2. The van der Waals surface area contributed by atoms with E-state index in [0.717, 1.165) is 32.4 Å². The van der Waals surface area contributed by atoms with Crippen molar-refractivity contribution in [3.05, 3.63) is 118 Å². The molecule has 3 aromatic carbocycles. The molecule has 12 heteroatoms. The number of halogens is 1. The maximum atomic E-state index is 14.0. The maximum absolute atomic E-state index is 14.0. The predicted octanol–water partition coefficient (Wildman–Crippen LogP) is 6.23. The molecule has 0 saturated carbocycles. The van der Waals surface area contributed by atoms with E-state index in [0.29, 0.717) is 17.2 Å². The summed E-state index contributed by atoms with van der Waals surface area (Å²) in [6, 6.07) is 19.5. The number of aromatic nitrogens is 2. The summed E-state index contributed by atoms with van der Waals surface area (Å²) in [5.41, 5.74) is 3.66. The number of carbonyl (C=O) groups is 2. The van der Waals surface area contributed by atoms with Crippen LogP contribution in [-0.4, -0.2) is 34.2 Å². The fourth-order valence-electron chi connectivity index (χ4n) is 6.73. The number of nitrogens with one attached hydrogen (secondary N) is 3. The zero-order valence-corrected chi connectivity index (χ0v) is 27.0. The van der Waals surface area contributed by atoms with Crippen LogP contribution in [0.25, 0.3) is 11.6 Å². The van der Waals surface area contributed by atoms with E-state index in [-0.39, 0.29) is 30.7 Å². The summed E-state index contributed by atoms with van der Waals surface area (Å²) in [4.78, 5) is 36.4. The van der Waals surface area contributed by atoms with Crippen LogP contribution in [0.4, 0.5) is 10.5 Å². The van der Waals surface area contributed by atoms with Crippen molar-refractivity contribution >= 4 is 33.6 Å². The SMILES string of the molecule is CC(C)[C@@H]1NC(=O)[C@@H](NC(=O)OCc2ccccc2)Cc2ccc3c(c2)[C@@]2(c4cccc(Br)c4NC2O3)c2oc1nc2-c1ncco1. The number of hydrogen-bond donors (Lipinski definition) is 3. The van der Waals surface area contributed by atoms with Crippen molar-refractivity contribution in [2.45, 2.75) is 50.6 Å². The lowest BCUT2D eigenvalue weighted by molar-refractivity contribution is -0.124. The molecule has 0 radical (unpaired) electrons. The van der Waals surface area contributed by atoms with Gasteiger partial charge in [-0.25, -0.2) is 14.8 Å². The van der Waals surface area contributed by atoms with Crippen LogP contribution in [0.1, 0.15) is 53.8 Å². The zero-order chi connectivity index (χ0) is 32.3. The summed E-state index contributed by atoms with van der Waals surface area (Å²) < 4.78 is 25.6. The van der Waals surface area contributed by atoms with E-state index in [9.17, 15) is 9.59 Å². The molecule has 0 fully saturated rings. The van der Waals surface area contributed by atoms with Gasteiger partial charge in [0, 0.05) is 22.0 Å². The minimum absolute atomic E-state index is 0.0698. The molecule has 238 valence electrons. The van der Waals surface area contributed by atoms with E-state index in [1.807, 2.05) is 80.6 Å². The summed E-state index contributed by atoms with van der Waals surface area (Å²) in [6.45, 7) is 4.00. The van der Waals surface area contributed by atoms with Gasteiger partial charge in [0.1, 0.15) is 36.1 Å². The number of rotatable bonds is 5. The lowest BCUT2D eigenvalue weighted by Gasteiger charge is -2.28. The van der Waals surface area contributed by atoms with Crippen LogP contribution < -0.4 is 20.7 Å². The maximum Gasteiger partial charge on any atom is 0.408 e. The first kappa shape index (κ1) is 29.3. The summed E-state index contributed by atoms with van der Waals surface area (Å²) in [6.07, 6.45) is 1.95. The van der Waals surface area contributed by atoms with Crippen LogP contribution in [0.15, 0.2) is 92.5 Å². The molecule has 47 heavy (non-hydrogen) atoms. The number of para-hydroxylation sites is 1. The fraction of sp³-hybridized carbons (Fsp3) is 0.257. The third-order valence-electron chi connectivity index (χ3n) is 8.95. The number of amides is 2. The van der Waals surface area contributed by atoms with E-state index in [4.69, 9.17) is 23.3 Å². The molecule has 11 nitrogen and oxygen atoms in total. The number of anilines is 1. The van der Waals surface area contributed by atoms with Gasteiger partial charge < -0.3 is 34.3 Å². The van der Waals surface area contributed by atoms with Crippen LogP contribution >= 0.6 is 15.9 Å². The molecule has 0 saturated heterocycles. The largest absolute Gasteiger partial charge is 0.469 e. The molecule has 3 aliphatic rings. The lowest BCUT2D eigenvalue weighted by Crippen LogP contribution is -2.49. The second-order valence-corrected chi connectivity index (χ2v) is 13.1. The Labute approximate surface area is 278 Å². The van der Waals surface area contributed by atoms with Crippen molar-refractivity contribution in [2.75, 3.05) is 5.32 Å². The quantitative estimate of drug-likeness (QED) is 0.195. The first-order chi connectivity index (χ1) is 22.8. The zero-order valence-electron chi connectivity index (χ0n) is 25.5. The van der Waals surface area contributed by atoms with Gasteiger partial charge in [-0.3, -0.25) is 4.79 Å². The Morgan fingerprint density at radius 3 is 2.74 bits per heavy atom. The number of alkyl carbamates (subject to hydrolysis) is 1. The average Bonchev–Trinajstić information content (AvgIpc) is 3.85. The second kappa shape index (κ2) is 11.3. The highest BCUT2D eigenvalue weighted by Gasteiger charge is 2.61. The van der Waals surface area contributed by atoms with E-state index in [1.165, 1.54) is 6.26 Å².